The fourth-order valence-corrected chi connectivity index (χ4v) is 2.05. The third-order valence-corrected chi connectivity index (χ3v) is 3.29. The van der Waals surface area contributed by atoms with Crippen LogP contribution >= 0.6 is 23.2 Å². The second-order valence-electron chi connectivity index (χ2n) is 3.90. The van der Waals surface area contributed by atoms with E-state index in [1.165, 1.54) is 0 Å². The Labute approximate surface area is 113 Å². The lowest BCUT2D eigenvalue weighted by Crippen LogP contribution is -1.91. The van der Waals surface area contributed by atoms with Gasteiger partial charge in [0.15, 0.2) is 5.65 Å². The fraction of sp³-hybridized carbons (Fsp3) is 0.167. The average molecular weight is 282 g/mol. The molecule has 0 saturated carbocycles. The molecule has 0 saturated heterocycles. The fourth-order valence-electron chi connectivity index (χ4n) is 1.76. The van der Waals surface area contributed by atoms with Crippen molar-refractivity contribution in [3.05, 3.63) is 46.2 Å². The molecule has 3 heterocycles. The summed E-state index contributed by atoms with van der Waals surface area (Å²) in [5.41, 5.74) is 1.37. The lowest BCUT2D eigenvalue weighted by Gasteiger charge is -1.93. The summed E-state index contributed by atoms with van der Waals surface area (Å²) in [6.45, 7) is 0. The first-order valence-corrected chi connectivity index (χ1v) is 6.21. The summed E-state index contributed by atoms with van der Waals surface area (Å²) in [6, 6.07) is 5.54. The molecular weight excluding hydrogens is 273 g/mol. The molecule has 0 bridgehead atoms. The SMILES string of the molecule is Clc1cc2[nH]c(CCc3ccco3)nc2nc1Cl. The number of furan rings is 1. The number of H-pyrrole nitrogens is 1. The van der Waals surface area contributed by atoms with Crippen LogP contribution in [0.4, 0.5) is 0 Å². The number of fused-ring (bicyclic) bond motifs is 1. The van der Waals surface area contributed by atoms with Gasteiger partial charge in [-0.1, -0.05) is 23.2 Å². The van der Waals surface area contributed by atoms with Crippen LogP contribution < -0.4 is 0 Å². The van der Waals surface area contributed by atoms with E-state index in [-0.39, 0.29) is 5.15 Å². The second kappa shape index (κ2) is 4.63. The Bertz CT molecular complexity index is 637. The normalized spacial score (nSPS) is 11.2. The van der Waals surface area contributed by atoms with Crippen LogP contribution in [0.5, 0.6) is 0 Å². The minimum Gasteiger partial charge on any atom is -0.469 e. The van der Waals surface area contributed by atoms with Gasteiger partial charge in [-0.15, -0.1) is 0 Å². The van der Waals surface area contributed by atoms with Crippen LogP contribution in [0.1, 0.15) is 11.6 Å². The topological polar surface area (TPSA) is 54.7 Å². The molecule has 0 aliphatic rings. The van der Waals surface area contributed by atoms with Crippen LogP contribution in [-0.2, 0) is 12.8 Å². The maximum Gasteiger partial charge on any atom is 0.179 e. The molecule has 3 rings (SSSR count). The number of nitrogens with zero attached hydrogens (tertiary/aromatic N) is 2. The molecule has 92 valence electrons. The molecule has 0 amide bonds. The van der Waals surface area contributed by atoms with Gasteiger partial charge in [0, 0.05) is 12.8 Å². The third-order valence-electron chi connectivity index (χ3n) is 2.62. The van der Waals surface area contributed by atoms with Gasteiger partial charge in [-0.2, -0.15) is 0 Å². The van der Waals surface area contributed by atoms with Crippen molar-refractivity contribution in [1.29, 1.82) is 0 Å². The second-order valence-corrected chi connectivity index (χ2v) is 4.66. The number of hydrogen-bond acceptors (Lipinski definition) is 3. The number of aryl methyl sites for hydroxylation is 2. The first-order chi connectivity index (χ1) is 8.72. The molecule has 0 aliphatic carbocycles. The first-order valence-electron chi connectivity index (χ1n) is 5.45. The highest BCUT2D eigenvalue weighted by Gasteiger charge is 2.08. The number of aromatic amines is 1. The molecule has 18 heavy (non-hydrogen) atoms. The molecular formula is C12H9Cl2N3O. The summed E-state index contributed by atoms with van der Waals surface area (Å²) in [4.78, 5) is 11.6. The lowest BCUT2D eigenvalue weighted by molar-refractivity contribution is 0.507. The zero-order chi connectivity index (χ0) is 12.5. The quantitative estimate of drug-likeness (QED) is 0.746. The average Bonchev–Trinajstić information content (AvgIpc) is 2.96. The molecule has 0 fully saturated rings. The number of halogens is 2. The number of hydrogen-bond donors (Lipinski definition) is 1. The van der Waals surface area contributed by atoms with Crippen molar-refractivity contribution in [3.63, 3.8) is 0 Å². The van der Waals surface area contributed by atoms with E-state index in [0.29, 0.717) is 10.7 Å². The Morgan fingerprint density at radius 1 is 1.22 bits per heavy atom. The van der Waals surface area contributed by atoms with Crippen molar-refractivity contribution < 1.29 is 4.42 Å². The van der Waals surface area contributed by atoms with Crippen molar-refractivity contribution in [2.24, 2.45) is 0 Å². The predicted octanol–water partition coefficient (Wildman–Crippen LogP) is 3.64. The van der Waals surface area contributed by atoms with Crippen molar-refractivity contribution in [1.82, 2.24) is 15.0 Å². The lowest BCUT2D eigenvalue weighted by atomic mass is 10.2. The third kappa shape index (κ3) is 2.21. The van der Waals surface area contributed by atoms with Crippen LogP contribution in [-0.4, -0.2) is 15.0 Å². The van der Waals surface area contributed by atoms with Gasteiger partial charge in [0.1, 0.15) is 16.7 Å². The first kappa shape index (κ1) is 11.6. The van der Waals surface area contributed by atoms with Crippen LogP contribution in [0.3, 0.4) is 0 Å². The summed E-state index contributed by atoms with van der Waals surface area (Å²) in [6.07, 6.45) is 3.20. The summed E-state index contributed by atoms with van der Waals surface area (Å²) < 4.78 is 5.27. The highest BCUT2D eigenvalue weighted by atomic mass is 35.5. The largest absolute Gasteiger partial charge is 0.469 e. The molecule has 4 nitrogen and oxygen atoms in total. The minimum absolute atomic E-state index is 0.272. The highest BCUT2D eigenvalue weighted by Crippen LogP contribution is 2.23. The van der Waals surface area contributed by atoms with Crippen LogP contribution in [0.15, 0.2) is 28.9 Å². The summed E-state index contributed by atoms with van der Waals surface area (Å²) in [7, 11) is 0. The molecule has 0 atom stereocenters. The zero-order valence-corrected chi connectivity index (χ0v) is 10.8. The van der Waals surface area contributed by atoms with Gasteiger partial charge in [0.05, 0.1) is 16.8 Å². The van der Waals surface area contributed by atoms with Gasteiger partial charge >= 0.3 is 0 Å². The van der Waals surface area contributed by atoms with Crippen LogP contribution in [0, 0.1) is 0 Å². The monoisotopic (exact) mass is 281 g/mol. The number of aromatic nitrogens is 3. The van der Waals surface area contributed by atoms with Gasteiger partial charge in [0.2, 0.25) is 0 Å². The molecule has 1 N–H and O–H groups in total. The Hall–Kier alpha value is -1.52. The van der Waals surface area contributed by atoms with E-state index < -0.39 is 0 Å². The van der Waals surface area contributed by atoms with Crippen molar-refractivity contribution in [3.8, 4) is 0 Å². The van der Waals surface area contributed by atoms with Gasteiger partial charge in [-0.25, -0.2) is 9.97 Å². The maximum absolute atomic E-state index is 5.90. The minimum atomic E-state index is 0.272. The number of imidazole rings is 1. The van der Waals surface area contributed by atoms with Crippen molar-refractivity contribution >= 4 is 34.4 Å². The van der Waals surface area contributed by atoms with E-state index in [2.05, 4.69) is 15.0 Å². The Kier molecular flexibility index (Phi) is 2.97. The van der Waals surface area contributed by atoms with E-state index >= 15 is 0 Å². The summed E-state index contributed by atoms with van der Waals surface area (Å²) in [5.74, 6) is 1.77. The number of pyridine rings is 1. The molecule has 0 spiro atoms. The molecule has 3 aromatic heterocycles. The van der Waals surface area contributed by atoms with E-state index in [1.54, 1.807) is 12.3 Å². The molecule has 0 aliphatic heterocycles. The smallest absolute Gasteiger partial charge is 0.179 e. The number of rotatable bonds is 3. The summed E-state index contributed by atoms with van der Waals surface area (Å²) >= 11 is 11.7. The maximum atomic E-state index is 5.90. The van der Waals surface area contributed by atoms with Crippen LogP contribution in [0.25, 0.3) is 11.2 Å². The van der Waals surface area contributed by atoms with Gasteiger partial charge in [-0.05, 0) is 18.2 Å². The zero-order valence-electron chi connectivity index (χ0n) is 9.28. The van der Waals surface area contributed by atoms with Crippen molar-refractivity contribution in [2.75, 3.05) is 0 Å². The Morgan fingerprint density at radius 3 is 2.89 bits per heavy atom. The standard InChI is InChI=1S/C12H9Cl2N3O/c13-8-6-9-12(17-11(8)14)16-10(15-9)4-3-7-2-1-5-18-7/h1-2,5-6H,3-4H2,(H,15,16,17). The Morgan fingerprint density at radius 2 is 2.11 bits per heavy atom. The number of nitrogens with one attached hydrogen (secondary N) is 1. The Balaban J connectivity index is 1.85. The van der Waals surface area contributed by atoms with E-state index in [0.717, 1.165) is 29.9 Å². The molecule has 0 aromatic carbocycles. The molecule has 3 aromatic rings. The van der Waals surface area contributed by atoms with Gasteiger partial charge in [0.25, 0.3) is 0 Å². The van der Waals surface area contributed by atoms with E-state index in [9.17, 15) is 0 Å². The van der Waals surface area contributed by atoms with Crippen LogP contribution in [0.2, 0.25) is 10.2 Å². The summed E-state index contributed by atoms with van der Waals surface area (Å²) in [5, 5.41) is 0.693. The predicted molar refractivity (Wildman–Crippen MR) is 70.0 cm³/mol. The van der Waals surface area contributed by atoms with Crippen molar-refractivity contribution in [2.45, 2.75) is 12.8 Å². The molecule has 0 radical (unpaired) electrons. The van der Waals surface area contributed by atoms with Gasteiger partial charge < -0.3 is 9.40 Å². The van der Waals surface area contributed by atoms with E-state index in [4.69, 9.17) is 27.6 Å². The molecule has 0 unspecified atom stereocenters. The van der Waals surface area contributed by atoms with E-state index in [1.807, 2.05) is 12.1 Å². The highest BCUT2D eigenvalue weighted by molar-refractivity contribution is 6.41. The van der Waals surface area contributed by atoms with Gasteiger partial charge in [-0.3, -0.25) is 0 Å². The molecule has 6 heteroatoms.